The lowest BCUT2D eigenvalue weighted by Crippen LogP contribution is -2.67. The number of fused-ring (bicyclic) bond motifs is 6. The van der Waals surface area contributed by atoms with Gasteiger partial charge in [0, 0.05) is 30.3 Å². The van der Waals surface area contributed by atoms with E-state index in [1.54, 1.807) is 12.3 Å². The quantitative estimate of drug-likeness (QED) is 0.0550. The number of aliphatic imine (C=N–C) groups is 2. The minimum absolute atomic E-state index is 0.0589. The van der Waals surface area contributed by atoms with Crippen molar-refractivity contribution in [2.45, 2.75) is 159 Å². The Labute approximate surface area is 401 Å². The van der Waals surface area contributed by atoms with Gasteiger partial charge in [-0.05, 0) is 149 Å². The van der Waals surface area contributed by atoms with Crippen molar-refractivity contribution in [3.63, 3.8) is 0 Å². The average molecular weight is 967 g/mol. The number of hydrogen-bond donors (Lipinski definition) is 7. The molecule has 5 fully saturated rings. The van der Waals surface area contributed by atoms with Crippen LogP contribution in [0.5, 0.6) is 0 Å². The first-order chi connectivity index (χ1) is 32.7. The van der Waals surface area contributed by atoms with Crippen LogP contribution in [0.25, 0.3) is 11.2 Å². The second-order valence-corrected chi connectivity index (χ2v) is 21.5. The largest absolute Gasteiger partial charge is 0.480 e. The summed E-state index contributed by atoms with van der Waals surface area (Å²) in [4.78, 5) is 57.7. The fraction of sp³-hybridized carbons (Fsp3) is 0.750. The minimum atomic E-state index is -1.22. The maximum absolute atomic E-state index is 12.8. The number of thioether (sulfide) groups is 1. The zero-order chi connectivity index (χ0) is 48.2. The van der Waals surface area contributed by atoms with E-state index in [0.29, 0.717) is 67.4 Å². The minimum Gasteiger partial charge on any atom is -0.480 e. The molecule has 2 aromatic rings. The molecule has 19 nitrogen and oxygen atoms in total. The maximum Gasteiger partial charge on any atom is 0.407 e. The van der Waals surface area contributed by atoms with Crippen LogP contribution in [0, 0.1) is 34.5 Å². The number of nitrogens with zero attached hydrogens (tertiary/aromatic N) is 6. The van der Waals surface area contributed by atoms with Gasteiger partial charge in [0.05, 0.1) is 24.1 Å². The number of aliphatic hydroxyl groups is 4. The third kappa shape index (κ3) is 10.0. The number of aliphatic hydroxyl groups excluding tert-OH is 3. The highest BCUT2D eigenvalue weighted by atomic mass is 32.2. The number of carbonyl (C=O) groups is 3. The van der Waals surface area contributed by atoms with Crippen molar-refractivity contribution >= 4 is 59.2 Å². The number of nitrogen functional groups attached to an aromatic ring is 1. The molecule has 8 rings (SSSR count). The smallest absolute Gasteiger partial charge is 0.407 e. The van der Waals surface area contributed by atoms with Crippen molar-refractivity contribution in [1.29, 1.82) is 0 Å². The molecule has 4 heterocycles. The van der Waals surface area contributed by atoms with E-state index in [0.717, 1.165) is 76.2 Å². The number of anilines is 1. The van der Waals surface area contributed by atoms with Gasteiger partial charge in [-0.25, -0.2) is 29.3 Å². The molecule has 20 heteroatoms. The van der Waals surface area contributed by atoms with Crippen LogP contribution in [0.2, 0.25) is 0 Å². The first-order valence-corrected chi connectivity index (χ1v) is 25.8. The first kappa shape index (κ1) is 50.2. The molecule has 4 saturated carbocycles. The van der Waals surface area contributed by atoms with Gasteiger partial charge in [0.2, 0.25) is 0 Å². The van der Waals surface area contributed by atoms with E-state index in [-0.39, 0.29) is 53.8 Å². The van der Waals surface area contributed by atoms with Crippen LogP contribution >= 0.6 is 11.8 Å². The average Bonchev–Trinajstić information content (AvgIpc) is 4.08. The van der Waals surface area contributed by atoms with Crippen LogP contribution in [-0.2, 0) is 23.8 Å². The summed E-state index contributed by atoms with van der Waals surface area (Å²) in [5.41, 5.74) is 5.73. The lowest BCUT2D eigenvalue weighted by atomic mass is 9.42. The van der Waals surface area contributed by atoms with Gasteiger partial charge in [0.15, 0.2) is 17.7 Å². The van der Waals surface area contributed by atoms with Crippen molar-refractivity contribution in [1.82, 2.24) is 24.8 Å². The standard InChI is InChI=1S/C48H70N8O11S/c1-46-14-11-30(22-29(46)9-10-32-33(46)23-36(57)47(2)31(12-15-48(32,47)64)28-21-37(58)65-24-28)66-45(63)52-19-8-4-6-17-50-16-5-3-7-18-51-34(44(61)62)13-20-68-25-35-39(59)40(60)43(67-35)56-27-55-38-41(49)53-26-54-42(38)56/h16,18,21,26-27,29-36,39-40,43,57,59-60,64H,3-15,17,19-20,22-25H2,1-2H3,(H,52,63)(H,61,62)(H2,49,53,54)/t29-,30-,31-,32?,33+,34+,35-,36-,39-,40-,43-,46+,47+,48+/m1/s1. The fourth-order valence-electron chi connectivity index (χ4n) is 12.8. The first-order valence-electron chi connectivity index (χ1n) is 24.6. The summed E-state index contributed by atoms with van der Waals surface area (Å²) in [5, 5.41) is 58.3. The van der Waals surface area contributed by atoms with Crippen molar-refractivity contribution < 1.29 is 54.1 Å². The number of alkyl carbamates (subject to hydrolysis) is 1. The summed E-state index contributed by atoms with van der Waals surface area (Å²) in [5.74, 6) is 0.189. The topological polar surface area (TPSA) is 286 Å². The number of imidazole rings is 1. The molecule has 0 aromatic carbocycles. The van der Waals surface area contributed by atoms with E-state index in [4.69, 9.17) is 19.9 Å². The molecule has 6 aliphatic rings. The zero-order valence-corrected chi connectivity index (χ0v) is 40.1. The van der Waals surface area contributed by atoms with Crippen LogP contribution in [0.1, 0.15) is 116 Å². The Kier molecular flexibility index (Phi) is 15.8. The maximum atomic E-state index is 12.8. The number of ether oxygens (including phenoxy) is 3. The van der Waals surface area contributed by atoms with Gasteiger partial charge in [-0.15, -0.1) is 0 Å². The van der Waals surface area contributed by atoms with Crippen LogP contribution in [0.4, 0.5) is 10.6 Å². The van der Waals surface area contributed by atoms with Crippen molar-refractivity contribution in [2.75, 3.05) is 36.9 Å². The van der Waals surface area contributed by atoms with Gasteiger partial charge >= 0.3 is 18.0 Å². The van der Waals surface area contributed by atoms with Gasteiger partial charge in [0.1, 0.15) is 42.8 Å². The van der Waals surface area contributed by atoms with E-state index in [9.17, 15) is 39.9 Å². The van der Waals surface area contributed by atoms with E-state index in [1.165, 1.54) is 29.0 Å². The molecule has 2 aromatic heterocycles. The molecular formula is C48H70N8O11S. The molecule has 0 spiro atoms. The highest BCUT2D eigenvalue weighted by Gasteiger charge is 2.71. The number of carboxylic acids is 1. The van der Waals surface area contributed by atoms with Crippen LogP contribution in [0.3, 0.4) is 0 Å². The lowest BCUT2D eigenvalue weighted by molar-refractivity contribution is -0.244. The predicted molar refractivity (Wildman–Crippen MR) is 254 cm³/mol. The van der Waals surface area contributed by atoms with Crippen molar-refractivity contribution in [3.05, 3.63) is 24.3 Å². The van der Waals surface area contributed by atoms with Crippen LogP contribution in [-0.4, -0.2) is 149 Å². The van der Waals surface area contributed by atoms with E-state index in [2.05, 4.69) is 37.2 Å². The Morgan fingerprint density at radius 3 is 2.65 bits per heavy atom. The number of hydrogen-bond acceptors (Lipinski definition) is 17. The second-order valence-electron chi connectivity index (χ2n) is 20.4. The summed E-state index contributed by atoms with van der Waals surface area (Å²) >= 11 is 1.42. The number of cyclic esters (lactones) is 1. The Morgan fingerprint density at radius 2 is 1.85 bits per heavy atom. The molecule has 1 unspecified atom stereocenters. The molecule has 1 amide bonds. The number of unbranched alkanes of at least 4 members (excludes halogenated alkanes) is 4. The number of aromatic nitrogens is 4. The Morgan fingerprint density at radius 1 is 1.03 bits per heavy atom. The van der Waals surface area contributed by atoms with Crippen LogP contribution in [0.15, 0.2) is 34.3 Å². The Hall–Kier alpha value is -4.21. The molecule has 0 bridgehead atoms. The molecule has 8 N–H and O–H groups in total. The summed E-state index contributed by atoms with van der Waals surface area (Å²) in [6.45, 7) is 5.83. The number of esters is 1. The number of amides is 1. The number of nitrogens with one attached hydrogen (secondary N) is 1. The molecule has 1 saturated heterocycles. The van der Waals surface area contributed by atoms with Crippen LogP contribution < -0.4 is 11.1 Å². The summed E-state index contributed by atoms with van der Waals surface area (Å²) in [7, 11) is 0. The Bertz CT molecular complexity index is 2210. The number of carbonyl (C=O) groups excluding carboxylic acids is 2. The molecular weight excluding hydrogens is 897 g/mol. The summed E-state index contributed by atoms with van der Waals surface area (Å²) < 4.78 is 18.7. The van der Waals surface area contributed by atoms with Crippen molar-refractivity contribution in [3.8, 4) is 0 Å². The SMILES string of the molecule is C[C@]12CC[C@@H](OC(=O)NCCCCCN=CCCCC=N[C@@H](CCSC[C@H]3O[C@@H](n4cnc5c(N)ncnc54)[C@H](O)[C@@H]3O)C(=O)O)C[C@H]1CCC1[C@@H]2C[C@@H](O)[C@]2(C)[C@@H](C3=CC(=O)OC3)CC[C@]12O. The van der Waals surface area contributed by atoms with E-state index >= 15 is 0 Å². The molecule has 68 heavy (non-hydrogen) atoms. The van der Waals surface area contributed by atoms with E-state index in [1.807, 2.05) is 13.1 Å². The fourth-order valence-corrected chi connectivity index (χ4v) is 13.9. The number of carboxylic acid groups (broad SMARTS) is 1. The number of nitrogens with two attached hydrogens (primary N) is 1. The van der Waals surface area contributed by atoms with E-state index < -0.39 is 53.7 Å². The summed E-state index contributed by atoms with van der Waals surface area (Å²) in [6.07, 6.45) is 14.0. The zero-order valence-electron chi connectivity index (χ0n) is 39.2. The highest BCUT2D eigenvalue weighted by Crippen LogP contribution is 2.70. The molecule has 374 valence electrons. The van der Waals surface area contributed by atoms with Crippen molar-refractivity contribution in [2.24, 2.45) is 44.5 Å². The second kappa shape index (κ2) is 21.4. The van der Waals surface area contributed by atoms with Gasteiger partial charge in [-0.1, -0.05) is 13.8 Å². The highest BCUT2D eigenvalue weighted by molar-refractivity contribution is 7.99. The normalized spacial score (nSPS) is 36.1. The number of rotatable bonds is 20. The monoisotopic (exact) mass is 966 g/mol. The Balaban J connectivity index is 0.657. The number of aliphatic carboxylic acids is 1. The van der Waals surface area contributed by atoms with Gasteiger partial charge in [-0.3, -0.25) is 14.6 Å². The molecule has 0 radical (unpaired) electrons. The van der Waals surface area contributed by atoms with Gasteiger partial charge in [-0.2, -0.15) is 11.8 Å². The molecule has 4 aliphatic carbocycles. The molecule has 14 atom stereocenters. The summed E-state index contributed by atoms with van der Waals surface area (Å²) in [6, 6.07) is -0.883. The van der Waals surface area contributed by atoms with Gasteiger partial charge in [0.25, 0.3) is 0 Å². The lowest BCUT2D eigenvalue weighted by Gasteiger charge is -2.65. The molecule has 2 aliphatic heterocycles. The van der Waals surface area contributed by atoms with Gasteiger partial charge < -0.3 is 50.8 Å². The third-order valence-corrected chi connectivity index (χ3v) is 17.8. The third-order valence-electron chi connectivity index (χ3n) is 16.7. The predicted octanol–water partition coefficient (Wildman–Crippen LogP) is 4.41.